The number of methoxy groups -OCH3 is 1. The molecule has 0 aromatic heterocycles. The lowest BCUT2D eigenvalue weighted by atomic mass is 10.2. The van der Waals surface area contributed by atoms with Crippen LogP contribution in [0.1, 0.15) is 11.1 Å². The molecule has 0 aliphatic carbocycles. The molecule has 2 amide bonds. The number of thioether (sulfide) groups is 1. The largest absolute Gasteiger partial charge is 0.493 e. The van der Waals surface area contributed by atoms with E-state index in [4.69, 9.17) is 21.7 Å². The number of thiocarbonyl (C=S) groups is 1. The summed E-state index contributed by atoms with van der Waals surface area (Å²) in [6, 6.07) is 22.1. The molecular weight excluding hydrogens is 468 g/mol. The fourth-order valence-electron chi connectivity index (χ4n) is 3.38. The number of nitrogens with one attached hydrogen (secondary N) is 1. The number of benzene rings is 3. The second-order valence-corrected chi connectivity index (χ2v) is 9.15. The lowest BCUT2D eigenvalue weighted by molar-refractivity contribution is -0.118. The van der Waals surface area contributed by atoms with Crippen molar-refractivity contribution < 1.29 is 19.1 Å². The van der Waals surface area contributed by atoms with Gasteiger partial charge in [-0.2, -0.15) is 0 Å². The molecule has 0 radical (unpaired) electrons. The van der Waals surface area contributed by atoms with Crippen molar-refractivity contribution in [1.82, 2.24) is 0 Å². The number of rotatable bonds is 7. The molecule has 0 atom stereocenters. The molecule has 1 aliphatic heterocycles. The van der Waals surface area contributed by atoms with Gasteiger partial charge < -0.3 is 14.8 Å². The second-order valence-electron chi connectivity index (χ2n) is 7.47. The highest BCUT2D eigenvalue weighted by Crippen LogP contribution is 2.37. The number of para-hydroxylation sites is 1. The number of carbonyl (C=O) groups excluding carboxylic acids is 2. The van der Waals surface area contributed by atoms with Gasteiger partial charge in [-0.05, 0) is 60.5 Å². The number of anilines is 2. The molecule has 4 rings (SSSR count). The Morgan fingerprint density at radius 2 is 1.85 bits per heavy atom. The maximum Gasteiger partial charge on any atom is 0.270 e. The van der Waals surface area contributed by atoms with Crippen molar-refractivity contribution >= 4 is 57.6 Å². The van der Waals surface area contributed by atoms with Crippen LogP contribution in [0.4, 0.5) is 11.4 Å². The standard InChI is InChI=1S/C26H22N2O4S2/c1-17-7-6-8-19(13-17)27-24(29)16-32-21-12-11-18(14-22(21)31-2)15-23-25(30)28(26(33)34-23)20-9-4-3-5-10-20/h3-15H,16H2,1-2H3,(H,27,29). The highest BCUT2D eigenvalue weighted by atomic mass is 32.2. The number of hydrogen-bond donors (Lipinski definition) is 1. The minimum absolute atomic E-state index is 0.167. The SMILES string of the molecule is COc1cc(C=C2SC(=S)N(c3ccccc3)C2=O)ccc1OCC(=O)Nc1cccc(C)c1. The van der Waals surface area contributed by atoms with Crippen LogP contribution in [0.5, 0.6) is 11.5 Å². The molecule has 1 fully saturated rings. The first-order valence-corrected chi connectivity index (χ1v) is 11.7. The summed E-state index contributed by atoms with van der Waals surface area (Å²) in [5.41, 5.74) is 3.25. The predicted molar refractivity (Wildman–Crippen MR) is 140 cm³/mol. The summed E-state index contributed by atoms with van der Waals surface area (Å²) in [6.07, 6.45) is 1.76. The molecule has 0 bridgehead atoms. The van der Waals surface area contributed by atoms with Crippen molar-refractivity contribution in [2.24, 2.45) is 0 Å². The van der Waals surface area contributed by atoms with Crippen LogP contribution in [0.3, 0.4) is 0 Å². The van der Waals surface area contributed by atoms with E-state index < -0.39 is 0 Å². The first-order chi connectivity index (χ1) is 16.4. The van der Waals surface area contributed by atoms with Gasteiger partial charge in [0.15, 0.2) is 22.4 Å². The molecule has 34 heavy (non-hydrogen) atoms. The Bertz CT molecular complexity index is 1270. The fourth-order valence-corrected chi connectivity index (χ4v) is 4.67. The van der Waals surface area contributed by atoms with Crippen molar-refractivity contribution in [1.29, 1.82) is 0 Å². The number of amides is 2. The van der Waals surface area contributed by atoms with E-state index in [1.54, 1.807) is 24.3 Å². The Kier molecular flexibility index (Phi) is 7.30. The summed E-state index contributed by atoms with van der Waals surface area (Å²) < 4.78 is 11.6. The van der Waals surface area contributed by atoms with Crippen LogP contribution in [-0.2, 0) is 9.59 Å². The molecule has 0 spiro atoms. The first kappa shape index (κ1) is 23.5. The Morgan fingerprint density at radius 3 is 2.59 bits per heavy atom. The zero-order chi connectivity index (χ0) is 24.1. The fraction of sp³-hybridized carbons (Fsp3) is 0.115. The van der Waals surface area contributed by atoms with E-state index in [2.05, 4.69) is 5.32 Å². The van der Waals surface area contributed by atoms with Crippen molar-refractivity contribution in [3.8, 4) is 11.5 Å². The molecule has 3 aromatic carbocycles. The van der Waals surface area contributed by atoms with Crippen LogP contribution in [0.2, 0.25) is 0 Å². The second kappa shape index (κ2) is 10.5. The zero-order valence-corrected chi connectivity index (χ0v) is 20.2. The van der Waals surface area contributed by atoms with Gasteiger partial charge in [0.05, 0.1) is 17.7 Å². The van der Waals surface area contributed by atoms with E-state index in [-0.39, 0.29) is 18.4 Å². The van der Waals surface area contributed by atoms with Gasteiger partial charge in [-0.3, -0.25) is 14.5 Å². The van der Waals surface area contributed by atoms with Crippen molar-refractivity contribution in [3.63, 3.8) is 0 Å². The van der Waals surface area contributed by atoms with Crippen LogP contribution in [0.25, 0.3) is 6.08 Å². The van der Waals surface area contributed by atoms with Crippen molar-refractivity contribution in [3.05, 3.63) is 88.8 Å². The molecule has 1 heterocycles. The lowest BCUT2D eigenvalue weighted by Crippen LogP contribution is -2.27. The molecular formula is C26H22N2O4S2. The highest BCUT2D eigenvalue weighted by Gasteiger charge is 2.33. The van der Waals surface area contributed by atoms with Gasteiger partial charge in [-0.15, -0.1) is 0 Å². The van der Waals surface area contributed by atoms with Crippen molar-refractivity contribution in [2.75, 3.05) is 23.9 Å². The number of carbonyl (C=O) groups is 2. The average Bonchev–Trinajstić information content (AvgIpc) is 3.11. The minimum Gasteiger partial charge on any atom is -0.493 e. The molecule has 1 saturated heterocycles. The smallest absolute Gasteiger partial charge is 0.270 e. The monoisotopic (exact) mass is 490 g/mol. The van der Waals surface area contributed by atoms with Crippen LogP contribution in [0, 0.1) is 6.92 Å². The van der Waals surface area contributed by atoms with Gasteiger partial charge in [0.1, 0.15) is 0 Å². The predicted octanol–water partition coefficient (Wildman–Crippen LogP) is 5.43. The lowest BCUT2D eigenvalue weighted by Gasteiger charge is -2.14. The van der Waals surface area contributed by atoms with Gasteiger partial charge in [0.2, 0.25) is 0 Å². The summed E-state index contributed by atoms with van der Waals surface area (Å²) in [7, 11) is 1.52. The van der Waals surface area contributed by atoms with Gasteiger partial charge in [0, 0.05) is 5.69 Å². The third-order valence-corrected chi connectivity index (χ3v) is 6.26. The zero-order valence-electron chi connectivity index (χ0n) is 18.6. The Hall–Kier alpha value is -3.62. The van der Waals surface area contributed by atoms with Gasteiger partial charge in [-0.25, -0.2) is 0 Å². The van der Waals surface area contributed by atoms with Gasteiger partial charge >= 0.3 is 0 Å². The Labute approximate surface area is 207 Å². The normalized spacial score (nSPS) is 14.4. The van der Waals surface area contributed by atoms with E-state index in [9.17, 15) is 9.59 Å². The molecule has 1 N–H and O–H groups in total. The number of ether oxygens (including phenoxy) is 2. The summed E-state index contributed by atoms with van der Waals surface area (Å²) in [6.45, 7) is 1.79. The molecule has 1 aliphatic rings. The van der Waals surface area contributed by atoms with Gasteiger partial charge in [-0.1, -0.05) is 60.4 Å². The highest BCUT2D eigenvalue weighted by molar-refractivity contribution is 8.27. The molecule has 3 aromatic rings. The number of aryl methyl sites for hydroxylation is 1. The number of hydrogen-bond acceptors (Lipinski definition) is 6. The van der Waals surface area contributed by atoms with Crippen molar-refractivity contribution in [2.45, 2.75) is 6.92 Å². The van der Waals surface area contributed by atoms with E-state index >= 15 is 0 Å². The Balaban J connectivity index is 1.45. The summed E-state index contributed by atoms with van der Waals surface area (Å²) in [4.78, 5) is 27.2. The average molecular weight is 491 g/mol. The maximum atomic E-state index is 12.9. The van der Waals surface area contributed by atoms with Crippen LogP contribution in [-0.4, -0.2) is 29.9 Å². The third kappa shape index (κ3) is 5.47. The summed E-state index contributed by atoms with van der Waals surface area (Å²) in [5.74, 6) is 0.432. The maximum absolute atomic E-state index is 12.9. The summed E-state index contributed by atoms with van der Waals surface area (Å²) >= 11 is 6.67. The van der Waals surface area contributed by atoms with E-state index in [1.807, 2.05) is 61.5 Å². The molecule has 172 valence electrons. The minimum atomic E-state index is -0.277. The van der Waals surface area contributed by atoms with Crippen LogP contribution in [0.15, 0.2) is 77.7 Å². The van der Waals surface area contributed by atoms with E-state index in [0.717, 1.165) is 16.8 Å². The van der Waals surface area contributed by atoms with E-state index in [1.165, 1.54) is 23.8 Å². The Morgan fingerprint density at radius 1 is 1.06 bits per heavy atom. The quantitative estimate of drug-likeness (QED) is 0.352. The molecule has 8 heteroatoms. The number of nitrogens with zero attached hydrogens (tertiary/aromatic N) is 1. The van der Waals surface area contributed by atoms with Crippen LogP contribution < -0.4 is 19.7 Å². The van der Waals surface area contributed by atoms with E-state index in [0.29, 0.717) is 26.4 Å². The topological polar surface area (TPSA) is 67.9 Å². The molecule has 6 nitrogen and oxygen atoms in total. The molecule has 0 unspecified atom stereocenters. The molecule has 0 saturated carbocycles. The third-order valence-electron chi connectivity index (χ3n) is 4.95. The van der Waals surface area contributed by atoms with Crippen LogP contribution >= 0.6 is 24.0 Å². The van der Waals surface area contributed by atoms with Gasteiger partial charge in [0.25, 0.3) is 11.8 Å². The first-order valence-electron chi connectivity index (χ1n) is 10.4. The summed E-state index contributed by atoms with van der Waals surface area (Å²) in [5, 5.41) is 2.81.